The molecule has 0 aliphatic carbocycles. The second-order valence-corrected chi connectivity index (χ2v) is 7.59. The Balaban J connectivity index is 2.11. The quantitative estimate of drug-likeness (QED) is 0.592. The van der Waals surface area contributed by atoms with Crippen LogP contribution in [0.3, 0.4) is 0 Å². The van der Waals surface area contributed by atoms with Crippen LogP contribution in [-0.4, -0.2) is 14.8 Å². The number of aryl methyl sites for hydroxylation is 1. The number of nitrogens with zero attached hydrogens (tertiary/aromatic N) is 1. The van der Waals surface area contributed by atoms with Gasteiger partial charge in [0.15, 0.2) is 0 Å². The van der Waals surface area contributed by atoms with Gasteiger partial charge in [0.2, 0.25) is 0 Å². The molecule has 3 rings (SSSR count). The number of thiocarbonyl (C=S) groups is 1. The first-order valence-corrected chi connectivity index (χ1v) is 8.74. The lowest BCUT2D eigenvalue weighted by molar-refractivity contribution is -0.115. The molecule has 2 heterocycles. The van der Waals surface area contributed by atoms with Crippen molar-refractivity contribution in [3.63, 3.8) is 0 Å². The van der Waals surface area contributed by atoms with Crippen LogP contribution in [0.4, 0.5) is 0 Å². The van der Waals surface area contributed by atoms with Crippen LogP contribution < -0.4 is 5.32 Å². The van der Waals surface area contributed by atoms with E-state index in [0.29, 0.717) is 19.3 Å². The Bertz CT molecular complexity index is 871. The molecule has 1 fully saturated rings. The number of hydrogen-bond donors (Lipinski definition) is 1. The number of aromatic nitrogens is 1. The first-order valence-electron chi connectivity index (χ1n) is 6.76. The lowest BCUT2D eigenvalue weighted by atomic mass is 10.2. The van der Waals surface area contributed by atoms with Gasteiger partial charge in [-0.25, -0.2) is 0 Å². The number of nitrogens with one attached hydrogen (secondary N) is 1. The van der Waals surface area contributed by atoms with Crippen molar-refractivity contribution in [3.8, 4) is 5.69 Å². The molecule has 0 bridgehead atoms. The zero-order chi connectivity index (χ0) is 16.7. The molecule has 118 valence electrons. The fraction of sp³-hybridized carbons (Fsp3) is 0.125. The van der Waals surface area contributed by atoms with Crippen molar-refractivity contribution < 1.29 is 4.79 Å². The van der Waals surface area contributed by atoms with E-state index in [-0.39, 0.29) is 5.91 Å². The van der Waals surface area contributed by atoms with Crippen molar-refractivity contribution >= 4 is 63.5 Å². The minimum atomic E-state index is -0.161. The molecule has 0 atom stereocenters. The molecule has 0 unspecified atom stereocenters. The third-order valence-corrected chi connectivity index (χ3v) is 5.54. The Labute approximate surface area is 153 Å². The maximum Gasteiger partial charge on any atom is 0.263 e. The van der Waals surface area contributed by atoms with E-state index in [1.165, 1.54) is 11.8 Å². The van der Waals surface area contributed by atoms with Crippen LogP contribution in [-0.2, 0) is 4.79 Å². The normalized spacial score (nSPS) is 16.3. The van der Waals surface area contributed by atoms with Gasteiger partial charge in [0.05, 0.1) is 20.6 Å². The van der Waals surface area contributed by atoms with Crippen molar-refractivity contribution in [2.24, 2.45) is 0 Å². The molecule has 0 spiro atoms. The van der Waals surface area contributed by atoms with E-state index in [2.05, 4.69) is 5.32 Å². The van der Waals surface area contributed by atoms with E-state index in [1.54, 1.807) is 6.07 Å². The Kier molecular flexibility index (Phi) is 4.56. The minimum absolute atomic E-state index is 0.161. The molecule has 3 nitrogen and oxygen atoms in total. The SMILES string of the molecule is Cc1cc(/C=C2\SC(=S)NC2=O)c(C)n1-c1cccc(Cl)c1Cl. The standard InChI is InChI=1S/C16H12Cl2N2OS2/c1-8-6-10(7-13-15(21)19-16(22)23-13)9(2)20(8)12-5-3-4-11(17)14(12)18/h3-7H,1-2H3,(H,19,21,22)/b13-7-. The van der Waals surface area contributed by atoms with Crippen molar-refractivity contribution in [2.45, 2.75) is 13.8 Å². The maximum atomic E-state index is 11.8. The minimum Gasteiger partial charge on any atom is -0.316 e. The summed E-state index contributed by atoms with van der Waals surface area (Å²) in [6, 6.07) is 7.54. The molecular formula is C16H12Cl2N2OS2. The van der Waals surface area contributed by atoms with Crippen molar-refractivity contribution in [1.82, 2.24) is 9.88 Å². The highest BCUT2D eigenvalue weighted by Crippen LogP contribution is 2.33. The Morgan fingerprint density at radius 1 is 1.30 bits per heavy atom. The smallest absolute Gasteiger partial charge is 0.263 e. The second-order valence-electron chi connectivity index (χ2n) is 5.09. The highest BCUT2D eigenvalue weighted by molar-refractivity contribution is 8.26. The highest BCUT2D eigenvalue weighted by atomic mass is 35.5. The van der Waals surface area contributed by atoms with Gasteiger partial charge in [-0.3, -0.25) is 4.79 Å². The van der Waals surface area contributed by atoms with E-state index >= 15 is 0 Å². The maximum absolute atomic E-state index is 11.8. The lowest BCUT2D eigenvalue weighted by Crippen LogP contribution is -2.17. The average molecular weight is 383 g/mol. The highest BCUT2D eigenvalue weighted by Gasteiger charge is 2.23. The summed E-state index contributed by atoms with van der Waals surface area (Å²) in [4.78, 5) is 12.4. The molecule has 1 saturated heterocycles. The van der Waals surface area contributed by atoms with Crippen molar-refractivity contribution in [1.29, 1.82) is 0 Å². The Hall–Kier alpha value is -1.27. The van der Waals surface area contributed by atoms with E-state index in [9.17, 15) is 4.79 Å². The number of benzene rings is 1. The zero-order valence-electron chi connectivity index (χ0n) is 12.3. The van der Waals surface area contributed by atoms with Gasteiger partial charge in [0.25, 0.3) is 5.91 Å². The van der Waals surface area contributed by atoms with Crippen LogP contribution in [0.1, 0.15) is 17.0 Å². The predicted octanol–water partition coefficient (Wildman–Crippen LogP) is 4.89. The van der Waals surface area contributed by atoms with Crippen LogP contribution in [0.2, 0.25) is 10.0 Å². The summed E-state index contributed by atoms with van der Waals surface area (Å²) in [6.45, 7) is 3.96. The van der Waals surface area contributed by atoms with Gasteiger partial charge in [-0.1, -0.05) is 53.2 Å². The van der Waals surface area contributed by atoms with Crippen molar-refractivity contribution in [3.05, 3.63) is 56.2 Å². The number of carbonyl (C=O) groups is 1. The number of hydrogen-bond acceptors (Lipinski definition) is 3. The fourth-order valence-electron chi connectivity index (χ4n) is 2.53. The molecule has 1 aliphatic rings. The third kappa shape index (κ3) is 3.06. The van der Waals surface area contributed by atoms with Gasteiger partial charge in [0, 0.05) is 11.4 Å². The molecule has 1 aromatic heterocycles. The number of amides is 1. The zero-order valence-corrected chi connectivity index (χ0v) is 15.5. The number of thioether (sulfide) groups is 1. The topological polar surface area (TPSA) is 34.0 Å². The molecule has 1 amide bonds. The first-order chi connectivity index (χ1) is 10.9. The van der Waals surface area contributed by atoms with Gasteiger partial charge in [0.1, 0.15) is 4.32 Å². The molecule has 1 aromatic carbocycles. The summed E-state index contributed by atoms with van der Waals surface area (Å²) < 4.78 is 2.50. The summed E-state index contributed by atoms with van der Waals surface area (Å²) >= 11 is 18.7. The largest absolute Gasteiger partial charge is 0.316 e. The second kappa shape index (κ2) is 6.32. The lowest BCUT2D eigenvalue weighted by Gasteiger charge is -2.12. The third-order valence-electron chi connectivity index (χ3n) is 3.57. The molecule has 23 heavy (non-hydrogen) atoms. The average Bonchev–Trinajstić information content (AvgIpc) is 2.94. The van der Waals surface area contributed by atoms with Gasteiger partial charge < -0.3 is 9.88 Å². The van der Waals surface area contributed by atoms with Crippen molar-refractivity contribution in [2.75, 3.05) is 0 Å². The summed E-state index contributed by atoms with van der Waals surface area (Å²) in [6.07, 6.45) is 1.84. The first kappa shape index (κ1) is 16.6. The van der Waals surface area contributed by atoms with Crippen LogP contribution in [0.15, 0.2) is 29.2 Å². The van der Waals surface area contributed by atoms with E-state index in [0.717, 1.165) is 22.6 Å². The molecule has 1 N–H and O–H groups in total. The summed E-state index contributed by atoms with van der Waals surface area (Å²) in [5.41, 5.74) is 3.74. The van der Waals surface area contributed by atoms with Crippen LogP contribution in [0.25, 0.3) is 11.8 Å². The van der Waals surface area contributed by atoms with E-state index in [4.69, 9.17) is 35.4 Å². The van der Waals surface area contributed by atoms with Gasteiger partial charge in [-0.2, -0.15) is 0 Å². The number of rotatable bonds is 2. The van der Waals surface area contributed by atoms with Gasteiger partial charge in [-0.05, 0) is 43.7 Å². The summed E-state index contributed by atoms with van der Waals surface area (Å²) in [5, 5.41) is 3.63. The Morgan fingerprint density at radius 3 is 2.70 bits per heavy atom. The van der Waals surface area contributed by atoms with E-state index < -0.39 is 0 Å². The van der Waals surface area contributed by atoms with Gasteiger partial charge >= 0.3 is 0 Å². The predicted molar refractivity (Wildman–Crippen MR) is 102 cm³/mol. The monoisotopic (exact) mass is 382 g/mol. The molecular weight excluding hydrogens is 371 g/mol. The fourth-order valence-corrected chi connectivity index (χ4v) is 3.95. The molecule has 1 aliphatic heterocycles. The summed E-state index contributed by atoms with van der Waals surface area (Å²) in [7, 11) is 0. The molecule has 0 radical (unpaired) electrons. The van der Waals surface area contributed by atoms with E-state index in [1.807, 2.05) is 42.7 Å². The van der Waals surface area contributed by atoms with Gasteiger partial charge in [-0.15, -0.1) is 0 Å². The summed E-state index contributed by atoms with van der Waals surface area (Å²) in [5.74, 6) is -0.161. The molecule has 2 aromatic rings. The Morgan fingerprint density at radius 2 is 2.04 bits per heavy atom. The number of carbonyl (C=O) groups excluding carboxylic acids is 1. The molecule has 7 heteroatoms. The van der Waals surface area contributed by atoms with Crippen LogP contribution in [0, 0.1) is 13.8 Å². The van der Waals surface area contributed by atoms with Crippen LogP contribution in [0.5, 0.6) is 0 Å². The molecule has 0 saturated carbocycles. The number of halogens is 2. The van der Waals surface area contributed by atoms with Crippen LogP contribution >= 0.6 is 47.2 Å².